The van der Waals surface area contributed by atoms with Crippen molar-refractivity contribution >= 4 is 5.97 Å². The molecule has 0 N–H and O–H groups in total. The summed E-state index contributed by atoms with van der Waals surface area (Å²) in [5.74, 6) is 1.36. The van der Waals surface area contributed by atoms with Crippen molar-refractivity contribution in [1.29, 1.82) is 0 Å². The molecule has 0 bridgehead atoms. The molecule has 1 aliphatic rings. The molecule has 1 aliphatic carbocycles. The Balaban J connectivity index is 1.61. The van der Waals surface area contributed by atoms with Crippen LogP contribution in [-0.4, -0.2) is 18.7 Å². The molecule has 0 amide bonds. The zero-order valence-corrected chi connectivity index (χ0v) is 19.9. The Morgan fingerprint density at radius 1 is 0.867 bits per heavy atom. The Morgan fingerprint density at radius 3 is 2.00 bits per heavy atom. The molecular formula is C27H44O3. The number of carbonyl (C=O) groups excluding carboxylic acids is 1. The van der Waals surface area contributed by atoms with E-state index in [9.17, 15) is 4.79 Å². The molecule has 0 radical (unpaired) electrons. The van der Waals surface area contributed by atoms with Gasteiger partial charge in [-0.15, -0.1) is 0 Å². The molecular weight excluding hydrogens is 372 g/mol. The fraction of sp³-hybridized carbons (Fsp3) is 0.741. The van der Waals surface area contributed by atoms with Gasteiger partial charge in [-0.1, -0.05) is 72.6 Å². The molecule has 1 aromatic carbocycles. The van der Waals surface area contributed by atoms with E-state index in [2.05, 4.69) is 27.7 Å². The first-order chi connectivity index (χ1) is 14.4. The maximum absolute atomic E-state index is 12.5. The van der Waals surface area contributed by atoms with Crippen LogP contribution in [0.2, 0.25) is 0 Å². The lowest BCUT2D eigenvalue weighted by Crippen LogP contribution is -2.30. The number of carbonyl (C=O) groups is 1. The molecule has 0 spiro atoms. The van der Waals surface area contributed by atoms with Crippen LogP contribution in [0.4, 0.5) is 0 Å². The highest BCUT2D eigenvalue weighted by Gasteiger charge is 2.31. The van der Waals surface area contributed by atoms with Crippen LogP contribution in [0.25, 0.3) is 0 Å². The van der Waals surface area contributed by atoms with Crippen LogP contribution in [-0.2, 0) is 4.74 Å². The summed E-state index contributed by atoms with van der Waals surface area (Å²) in [7, 11) is 0. The molecule has 0 unspecified atom stereocenters. The van der Waals surface area contributed by atoms with Gasteiger partial charge in [0.2, 0.25) is 0 Å². The minimum absolute atomic E-state index is 0.0639. The number of ether oxygens (including phenoxy) is 2. The molecule has 3 heteroatoms. The van der Waals surface area contributed by atoms with Crippen molar-refractivity contribution in [2.45, 2.75) is 111 Å². The molecule has 0 heterocycles. The molecule has 170 valence electrons. The third-order valence-corrected chi connectivity index (χ3v) is 6.53. The van der Waals surface area contributed by atoms with Crippen molar-refractivity contribution in [3.8, 4) is 5.75 Å². The molecule has 1 fully saturated rings. The molecule has 0 aliphatic heterocycles. The number of esters is 1. The van der Waals surface area contributed by atoms with Crippen LogP contribution in [0.1, 0.15) is 115 Å². The van der Waals surface area contributed by atoms with Gasteiger partial charge < -0.3 is 9.47 Å². The highest BCUT2D eigenvalue weighted by atomic mass is 16.5. The van der Waals surface area contributed by atoms with Gasteiger partial charge in [-0.05, 0) is 67.7 Å². The first kappa shape index (κ1) is 24.8. The van der Waals surface area contributed by atoms with Gasteiger partial charge >= 0.3 is 5.97 Å². The second-order valence-corrected chi connectivity index (χ2v) is 10.1. The highest BCUT2D eigenvalue weighted by molar-refractivity contribution is 5.89. The van der Waals surface area contributed by atoms with Crippen molar-refractivity contribution in [3.63, 3.8) is 0 Å². The molecule has 1 aromatic rings. The Morgan fingerprint density at radius 2 is 1.43 bits per heavy atom. The summed E-state index contributed by atoms with van der Waals surface area (Å²) < 4.78 is 11.6. The molecule has 0 atom stereocenters. The van der Waals surface area contributed by atoms with Crippen LogP contribution >= 0.6 is 0 Å². The topological polar surface area (TPSA) is 35.5 Å². The summed E-state index contributed by atoms with van der Waals surface area (Å²) in [5, 5.41) is 0. The number of unbranched alkanes of at least 4 members (excludes halogenated alkanes) is 7. The van der Waals surface area contributed by atoms with Gasteiger partial charge in [0.15, 0.2) is 0 Å². The predicted molar refractivity (Wildman–Crippen MR) is 125 cm³/mol. The first-order valence-corrected chi connectivity index (χ1v) is 12.3. The molecule has 2 rings (SSSR count). The maximum Gasteiger partial charge on any atom is 0.338 e. The monoisotopic (exact) mass is 416 g/mol. The predicted octanol–water partition coefficient (Wildman–Crippen LogP) is 7.97. The fourth-order valence-corrected chi connectivity index (χ4v) is 4.38. The van der Waals surface area contributed by atoms with Gasteiger partial charge in [-0.25, -0.2) is 4.79 Å². The molecule has 0 saturated heterocycles. The SMILES string of the molecule is CCCCCCCCCCOc1ccc(C(=O)OC2CCC(C(C)(C)C)CC2)cc1. The van der Waals surface area contributed by atoms with E-state index in [0.717, 1.165) is 50.4 Å². The Hall–Kier alpha value is -1.51. The average molecular weight is 417 g/mol. The van der Waals surface area contributed by atoms with Crippen molar-refractivity contribution in [3.05, 3.63) is 29.8 Å². The minimum atomic E-state index is -0.205. The molecule has 1 saturated carbocycles. The Labute approximate surface area is 184 Å². The number of rotatable bonds is 12. The van der Waals surface area contributed by atoms with Crippen LogP contribution in [0.5, 0.6) is 5.75 Å². The van der Waals surface area contributed by atoms with Gasteiger partial charge in [0.25, 0.3) is 0 Å². The van der Waals surface area contributed by atoms with Crippen LogP contribution < -0.4 is 4.74 Å². The second-order valence-electron chi connectivity index (χ2n) is 10.1. The zero-order chi connectivity index (χ0) is 21.8. The molecule has 30 heavy (non-hydrogen) atoms. The van der Waals surface area contributed by atoms with E-state index in [0.29, 0.717) is 11.0 Å². The van der Waals surface area contributed by atoms with E-state index in [1.165, 1.54) is 44.9 Å². The smallest absolute Gasteiger partial charge is 0.338 e. The normalized spacial score (nSPS) is 19.5. The van der Waals surface area contributed by atoms with Gasteiger partial charge in [0, 0.05) is 0 Å². The number of benzene rings is 1. The summed E-state index contributed by atoms with van der Waals surface area (Å²) in [5.41, 5.74) is 0.965. The van der Waals surface area contributed by atoms with Gasteiger partial charge in [-0.3, -0.25) is 0 Å². The molecule has 0 aromatic heterocycles. The third-order valence-electron chi connectivity index (χ3n) is 6.53. The van der Waals surface area contributed by atoms with Crippen LogP contribution in [0, 0.1) is 11.3 Å². The quantitative estimate of drug-likeness (QED) is 0.256. The zero-order valence-electron chi connectivity index (χ0n) is 19.9. The average Bonchev–Trinajstić information content (AvgIpc) is 2.72. The third kappa shape index (κ3) is 9.10. The summed E-state index contributed by atoms with van der Waals surface area (Å²) in [6.07, 6.45) is 14.7. The van der Waals surface area contributed by atoms with Crippen molar-refractivity contribution in [2.75, 3.05) is 6.61 Å². The first-order valence-electron chi connectivity index (χ1n) is 12.3. The van der Waals surface area contributed by atoms with Gasteiger partial charge in [0.1, 0.15) is 11.9 Å². The van der Waals surface area contributed by atoms with Gasteiger partial charge in [0.05, 0.1) is 12.2 Å². The van der Waals surface area contributed by atoms with E-state index in [1.807, 2.05) is 24.3 Å². The fourth-order valence-electron chi connectivity index (χ4n) is 4.38. The van der Waals surface area contributed by atoms with Crippen molar-refractivity contribution < 1.29 is 14.3 Å². The summed E-state index contributed by atoms with van der Waals surface area (Å²) in [6.45, 7) is 9.92. The number of hydrogen-bond acceptors (Lipinski definition) is 3. The van der Waals surface area contributed by atoms with E-state index in [4.69, 9.17) is 9.47 Å². The Kier molecular flexibility index (Phi) is 10.7. The van der Waals surface area contributed by atoms with E-state index in [-0.39, 0.29) is 12.1 Å². The lowest BCUT2D eigenvalue weighted by atomic mass is 9.72. The van der Waals surface area contributed by atoms with E-state index < -0.39 is 0 Å². The Bertz CT molecular complexity index is 592. The number of hydrogen-bond donors (Lipinski definition) is 0. The molecule has 3 nitrogen and oxygen atoms in total. The van der Waals surface area contributed by atoms with Crippen LogP contribution in [0.15, 0.2) is 24.3 Å². The highest BCUT2D eigenvalue weighted by Crippen LogP contribution is 2.38. The minimum Gasteiger partial charge on any atom is -0.494 e. The van der Waals surface area contributed by atoms with E-state index >= 15 is 0 Å². The lowest BCUT2D eigenvalue weighted by molar-refractivity contribution is 0.00929. The van der Waals surface area contributed by atoms with Crippen molar-refractivity contribution in [2.24, 2.45) is 11.3 Å². The lowest BCUT2D eigenvalue weighted by Gasteiger charge is -2.36. The standard InChI is InChI=1S/C27H44O3/c1-5-6-7-8-9-10-11-12-21-29-24-17-13-22(14-18-24)26(28)30-25-19-15-23(16-20-25)27(2,3)4/h13-14,17-18,23,25H,5-12,15-16,19-21H2,1-4H3. The van der Waals surface area contributed by atoms with E-state index in [1.54, 1.807) is 0 Å². The maximum atomic E-state index is 12.5. The summed E-state index contributed by atoms with van der Waals surface area (Å²) >= 11 is 0. The van der Waals surface area contributed by atoms with Crippen LogP contribution in [0.3, 0.4) is 0 Å². The largest absolute Gasteiger partial charge is 0.494 e. The van der Waals surface area contributed by atoms with Gasteiger partial charge in [-0.2, -0.15) is 0 Å². The van der Waals surface area contributed by atoms with Crippen molar-refractivity contribution in [1.82, 2.24) is 0 Å². The second kappa shape index (κ2) is 13.0. The summed E-state index contributed by atoms with van der Waals surface area (Å²) in [4.78, 5) is 12.5. The summed E-state index contributed by atoms with van der Waals surface area (Å²) in [6, 6.07) is 7.42.